The first-order valence-electron chi connectivity index (χ1n) is 4.94. The number of carbonyl (C=O) groups excluding carboxylic acids is 2. The fourth-order valence-electron chi connectivity index (χ4n) is 1.37. The molecule has 1 fully saturated rings. The second-order valence-electron chi connectivity index (χ2n) is 3.70. The molecule has 2 rings (SSSR count). The molecule has 1 amide bonds. The molecule has 0 spiro atoms. The van der Waals surface area contributed by atoms with Crippen molar-refractivity contribution in [1.82, 2.24) is 4.98 Å². The average molecular weight is 224 g/mol. The lowest BCUT2D eigenvalue weighted by atomic mass is 9.85. The predicted octanol–water partition coefficient (Wildman–Crippen LogP) is 2.08. The molecule has 1 heterocycles. The number of thiazole rings is 1. The van der Waals surface area contributed by atoms with E-state index in [4.69, 9.17) is 0 Å². The first kappa shape index (κ1) is 10.3. The molecule has 1 N–H and O–H groups in total. The van der Waals surface area contributed by atoms with Crippen LogP contribution in [-0.2, 0) is 4.79 Å². The van der Waals surface area contributed by atoms with Gasteiger partial charge in [-0.05, 0) is 12.8 Å². The van der Waals surface area contributed by atoms with E-state index in [-0.39, 0.29) is 17.6 Å². The number of amides is 1. The highest BCUT2D eigenvalue weighted by Crippen LogP contribution is 2.28. The fraction of sp³-hybridized carbons (Fsp3) is 0.500. The maximum Gasteiger partial charge on any atom is 0.229 e. The minimum atomic E-state index is -0.0170. The van der Waals surface area contributed by atoms with E-state index in [1.165, 1.54) is 24.5 Å². The zero-order valence-electron chi connectivity index (χ0n) is 8.45. The van der Waals surface area contributed by atoms with Crippen molar-refractivity contribution >= 4 is 28.2 Å². The summed E-state index contributed by atoms with van der Waals surface area (Å²) < 4.78 is 0. The Bertz CT molecular complexity index is 396. The number of rotatable bonds is 3. The van der Waals surface area contributed by atoms with E-state index in [9.17, 15) is 9.59 Å². The monoisotopic (exact) mass is 224 g/mol. The zero-order chi connectivity index (χ0) is 10.8. The Balaban J connectivity index is 1.97. The van der Waals surface area contributed by atoms with Crippen LogP contribution in [0.4, 0.5) is 5.13 Å². The van der Waals surface area contributed by atoms with E-state index < -0.39 is 0 Å². The van der Waals surface area contributed by atoms with Crippen molar-refractivity contribution in [3.05, 3.63) is 11.1 Å². The molecule has 5 heteroatoms. The first-order chi connectivity index (χ1) is 7.16. The number of anilines is 1. The Kier molecular flexibility index (Phi) is 2.81. The molecule has 0 aliphatic heterocycles. The number of carbonyl (C=O) groups is 2. The standard InChI is InChI=1S/C10H12N2O2S/c1-6(13)8-5-11-10(15-8)12-9(14)7-3-2-4-7/h5,7H,2-4H2,1H3,(H,11,12,14). The summed E-state index contributed by atoms with van der Waals surface area (Å²) in [5.41, 5.74) is 0. The zero-order valence-corrected chi connectivity index (χ0v) is 9.26. The normalized spacial score (nSPS) is 15.8. The quantitative estimate of drug-likeness (QED) is 0.800. The summed E-state index contributed by atoms with van der Waals surface area (Å²) in [5.74, 6) is 0.164. The largest absolute Gasteiger partial charge is 0.302 e. The molecule has 0 unspecified atom stereocenters. The van der Waals surface area contributed by atoms with Crippen molar-refractivity contribution in [2.75, 3.05) is 5.32 Å². The van der Waals surface area contributed by atoms with Crippen LogP contribution in [-0.4, -0.2) is 16.7 Å². The number of hydrogen-bond acceptors (Lipinski definition) is 4. The molecule has 1 aromatic rings. The molecule has 0 aromatic carbocycles. The van der Waals surface area contributed by atoms with Crippen molar-refractivity contribution in [2.45, 2.75) is 26.2 Å². The molecule has 1 aliphatic rings. The second kappa shape index (κ2) is 4.10. The van der Waals surface area contributed by atoms with Gasteiger partial charge in [-0.25, -0.2) is 4.98 Å². The Morgan fingerprint density at radius 2 is 2.27 bits per heavy atom. The van der Waals surface area contributed by atoms with Gasteiger partial charge in [0, 0.05) is 12.8 Å². The molecule has 4 nitrogen and oxygen atoms in total. The van der Waals surface area contributed by atoms with Crippen LogP contribution < -0.4 is 5.32 Å². The third-order valence-corrected chi connectivity index (χ3v) is 3.57. The summed E-state index contributed by atoms with van der Waals surface area (Å²) in [6, 6.07) is 0. The molecular weight excluding hydrogens is 212 g/mol. The maximum atomic E-state index is 11.5. The molecule has 1 aromatic heterocycles. The van der Waals surface area contributed by atoms with Crippen molar-refractivity contribution in [2.24, 2.45) is 5.92 Å². The Hall–Kier alpha value is -1.23. The van der Waals surface area contributed by atoms with Gasteiger partial charge in [-0.15, -0.1) is 0 Å². The molecule has 1 aliphatic carbocycles. The van der Waals surface area contributed by atoms with Crippen molar-refractivity contribution in [3.8, 4) is 0 Å². The minimum absolute atomic E-state index is 0.0170. The van der Waals surface area contributed by atoms with Gasteiger partial charge in [-0.1, -0.05) is 17.8 Å². The third kappa shape index (κ3) is 2.23. The van der Waals surface area contributed by atoms with Crippen molar-refractivity contribution in [3.63, 3.8) is 0 Å². The second-order valence-corrected chi connectivity index (χ2v) is 4.73. The van der Waals surface area contributed by atoms with E-state index >= 15 is 0 Å². The van der Waals surface area contributed by atoms with Gasteiger partial charge in [0.15, 0.2) is 10.9 Å². The molecule has 1 saturated carbocycles. The van der Waals surface area contributed by atoms with Gasteiger partial charge in [0.05, 0.1) is 11.1 Å². The van der Waals surface area contributed by atoms with Crippen LogP contribution in [0.3, 0.4) is 0 Å². The van der Waals surface area contributed by atoms with Crippen LogP contribution in [0.5, 0.6) is 0 Å². The van der Waals surface area contributed by atoms with Gasteiger partial charge in [0.25, 0.3) is 0 Å². The van der Waals surface area contributed by atoms with Crippen LogP contribution in [0.15, 0.2) is 6.20 Å². The molecule has 15 heavy (non-hydrogen) atoms. The maximum absolute atomic E-state index is 11.5. The average Bonchev–Trinajstić information content (AvgIpc) is 2.48. The highest BCUT2D eigenvalue weighted by molar-refractivity contribution is 7.17. The smallest absolute Gasteiger partial charge is 0.229 e. The van der Waals surface area contributed by atoms with E-state index in [1.54, 1.807) is 0 Å². The molecule has 80 valence electrons. The summed E-state index contributed by atoms with van der Waals surface area (Å²) in [6.45, 7) is 1.49. The summed E-state index contributed by atoms with van der Waals surface area (Å²) in [5, 5.41) is 3.26. The van der Waals surface area contributed by atoms with Gasteiger partial charge in [0.1, 0.15) is 0 Å². The Labute approximate surface area is 91.7 Å². The lowest BCUT2D eigenvalue weighted by Crippen LogP contribution is -2.27. The van der Waals surface area contributed by atoms with Crippen LogP contribution in [0.1, 0.15) is 35.9 Å². The minimum Gasteiger partial charge on any atom is -0.302 e. The molecular formula is C10H12N2O2S. The number of aromatic nitrogens is 1. The van der Waals surface area contributed by atoms with E-state index in [1.807, 2.05) is 0 Å². The summed E-state index contributed by atoms with van der Waals surface area (Å²) >= 11 is 1.23. The number of Topliss-reactive ketones (excluding diaryl/α,β-unsaturated/α-hetero) is 1. The lowest BCUT2D eigenvalue weighted by molar-refractivity contribution is -0.122. The van der Waals surface area contributed by atoms with Gasteiger partial charge in [-0.3, -0.25) is 9.59 Å². The van der Waals surface area contributed by atoms with Crippen LogP contribution in [0, 0.1) is 5.92 Å². The van der Waals surface area contributed by atoms with Crippen molar-refractivity contribution in [1.29, 1.82) is 0 Å². The fourth-order valence-corrected chi connectivity index (χ4v) is 2.09. The van der Waals surface area contributed by atoms with Crippen LogP contribution in [0.25, 0.3) is 0 Å². The molecule has 0 atom stereocenters. The Morgan fingerprint density at radius 1 is 1.53 bits per heavy atom. The molecule has 0 saturated heterocycles. The highest BCUT2D eigenvalue weighted by Gasteiger charge is 2.25. The topological polar surface area (TPSA) is 59.1 Å². The first-order valence-corrected chi connectivity index (χ1v) is 5.76. The van der Waals surface area contributed by atoms with E-state index in [2.05, 4.69) is 10.3 Å². The van der Waals surface area contributed by atoms with E-state index in [0.29, 0.717) is 10.0 Å². The SMILES string of the molecule is CC(=O)c1cnc(NC(=O)C2CCC2)s1. The van der Waals surface area contributed by atoms with Crippen LogP contribution in [0.2, 0.25) is 0 Å². The van der Waals surface area contributed by atoms with Crippen molar-refractivity contribution < 1.29 is 9.59 Å². The summed E-state index contributed by atoms with van der Waals surface area (Å²) in [4.78, 5) is 27.1. The molecule has 0 bridgehead atoms. The predicted molar refractivity (Wildman–Crippen MR) is 58.1 cm³/mol. The molecule has 0 radical (unpaired) electrons. The third-order valence-electron chi connectivity index (χ3n) is 2.56. The van der Waals surface area contributed by atoms with E-state index in [0.717, 1.165) is 19.3 Å². The van der Waals surface area contributed by atoms with Crippen LogP contribution >= 0.6 is 11.3 Å². The number of ketones is 1. The van der Waals surface area contributed by atoms with Gasteiger partial charge in [-0.2, -0.15) is 0 Å². The number of nitrogens with zero attached hydrogens (tertiary/aromatic N) is 1. The summed E-state index contributed by atoms with van der Waals surface area (Å²) in [7, 11) is 0. The Morgan fingerprint density at radius 3 is 2.73 bits per heavy atom. The highest BCUT2D eigenvalue weighted by atomic mass is 32.1. The van der Waals surface area contributed by atoms with Gasteiger partial charge in [0.2, 0.25) is 5.91 Å². The number of hydrogen-bond donors (Lipinski definition) is 1. The van der Waals surface area contributed by atoms with Gasteiger partial charge < -0.3 is 5.32 Å². The number of nitrogens with one attached hydrogen (secondary N) is 1. The van der Waals surface area contributed by atoms with Gasteiger partial charge >= 0.3 is 0 Å². The lowest BCUT2D eigenvalue weighted by Gasteiger charge is -2.23. The summed E-state index contributed by atoms with van der Waals surface area (Å²) in [6.07, 6.45) is 4.57.